The van der Waals surface area contributed by atoms with Crippen LogP contribution in [0.1, 0.15) is 52.1 Å². The second-order valence-corrected chi connectivity index (χ2v) is 11.7. The first-order valence-electron chi connectivity index (χ1n) is 15.6. The minimum absolute atomic E-state index is 0.0311. The van der Waals surface area contributed by atoms with Crippen LogP contribution in [0.25, 0.3) is 11.1 Å². The lowest BCUT2D eigenvalue weighted by Crippen LogP contribution is -2.44. The van der Waals surface area contributed by atoms with E-state index in [4.69, 9.17) is 9.47 Å². The van der Waals surface area contributed by atoms with E-state index in [1.54, 1.807) is 24.3 Å². The van der Waals surface area contributed by atoms with Crippen LogP contribution in [0.4, 0.5) is 4.39 Å². The highest BCUT2D eigenvalue weighted by molar-refractivity contribution is 5.97. The number of aromatic nitrogens is 2. The Balaban J connectivity index is 1.11. The molecule has 1 saturated carbocycles. The third-order valence-electron chi connectivity index (χ3n) is 8.41. The minimum atomic E-state index is -0.669. The number of amides is 2. The predicted octanol–water partition coefficient (Wildman–Crippen LogP) is 4.79. The normalized spacial score (nSPS) is 18.3. The molecule has 0 radical (unpaired) electrons. The highest BCUT2D eigenvalue weighted by Gasteiger charge is 2.27. The van der Waals surface area contributed by atoms with E-state index in [0.717, 1.165) is 42.0 Å². The summed E-state index contributed by atoms with van der Waals surface area (Å²) in [7, 11) is 0. The fourth-order valence-electron chi connectivity index (χ4n) is 5.97. The first-order valence-corrected chi connectivity index (χ1v) is 15.6. The number of aromatic hydroxyl groups is 2. The molecule has 4 N–H and O–H groups in total. The van der Waals surface area contributed by atoms with Gasteiger partial charge in [-0.25, -0.2) is 14.4 Å². The zero-order chi connectivity index (χ0) is 32.8. The van der Waals surface area contributed by atoms with E-state index in [2.05, 4.69) is 25.5 Å². The van der Waals surface area contributed by atoms with Crippen molar-refractivity contribution >= 4 is 11.8 Å². The number of ether oxygens (including phenoxy) is 2. The lowest BCUT2D eigenvalue weighted by Gasteiger charge is -2.29. The van der Waals surface area contributed by atoms with Gasteiger partial charge in [-0.2, -0.15) is 0 Å². The van der Waals surface area contributed by atoms with Crippen molar-refractivity contribution in [1.29, 1.82) is 0 Å². The molecular formula is C35H36FN5O6. The highest BCUT2D eigenvalue weighted by atomic mass is 19.1. The van der Waals surface area contributed by atoms with Gasteiger partial charge in [0.15, 0.2) is 5.69 Å². The van der Waals surface area contributed by atoms with Gasteiger partial charge in [0, 0.05) is 37.9 Å². The number of phenols is 1. The summed E-state index contributed by atoms with van der Waals surface area (Å²) in [6.07, 6.45) is 4.83. The number of pyridine rings is 2. The molecule has 6 rings (SSSR count). The van der Waals surface area contributed by atoms with Gasteiger partial charge in [-0.05, 0) is 84.8 Å². The average Bonchev–Trinajstić information content (AvgIpc) is 3.07. The third kappa shape index (κ3) is 8.02. The Morgan fingerprint density at radius 1 is 0.915 bits per heavy atom. The van der Waals surface area contributed by atoms with E-state index in [-0.39, 0.29) is 40.7 Å². The molecule has 244 valence electrons. The number of benzene rings is 2. The Morgan fingerprint density at radius 2 is 1.66 bits per heavy atom. The van der Waals surface area contributed by atoms with Crippen molar-refractivity contribution in [2.45, 2.75) is 44.3 Å². The summed E-state index contributed by atoms with van der Waals surface area (Å²) in [5.74, 6) is -1.26. The Hall–Kier alpha value is -5.07. The van der Waals surface area contributed by atoms with Gasteiger partial charge in [0.1, 0.15) is 28.6 Å². The summed E-state index contributed by atoms with van der Waals surface area (Å²) < 4.78 is 25.9. The van der Waals surface area contributed by atoms with Gasteiger partial charge in [0.25, 0.3) is 11.8 Å². The SMILES string of the molecule is O=C(N[C@H]1CC[C@H](NC(=O)c2ncccc2O)CC1)c1cc(F)cnc1Oc1cccc(-c2ccc(O)cc2CN2CCOCC2)c1. The summed E-state index contributed by atoms with van der Waals surface area (Å²) in [5, 5.41) is 26.0. The maximum Gasteiger partial charge on any atom is 0.273 e. The minimum Gasteiger partial charge on any atom is -0.508 e. The molecule has 11 nitrogen and oxygen atoms in total. The molecular weight excluding hydrogens is 605 g/mol. The van der Waals surface area contributed by atoms with E-state index >= 15 is 0 Å². The Bertz CT molecular complexity index is 1740. The van der Waals surface area contributed by atoms with Crippen LogP contribution < -0.4 is 15.4 Å². The molecule has 1 aliphatic heterocycles. The van der Waals surface area contributed by atoms with Crippen LogP contribution in [0.3, 0.4) is 0 Å². The van der Waals surface area contributed by atoms with Gasteiger partial charge in [-0.3, -0.25) is 14.5 Å². The first-order chi connectivity index (χ1) is 22.8. The fraction of sp³-hybridized carbons (Fsp3) is 0.314. The number of morpholine rings is 1. The van der Waals surface area contributed by atoms with Crippen LogP contribution in [0, 0.1) is 5.82 Å². The molecule has 2 aromatic heterocycles. The van der Waals surface area contributed by atoms with E-state index < -0.39 is 17.6 Å². The van der Waals surface area contributed by atoms with Gasteiger partial charge in [-0.15, -0.1) is 0 Å². The van der Waals surface area contributed by atoms with Crippen molar-refractivity contribution in [2.75, 3.05) is 26.3 Å². The van der Waals surface area contributed by atoms with Crippen LogP contribution in [0.2, 0.25) is 0 Å². The molecule has 0 bridgehead atoms. The van der Waals surface area contributed by atoms with Gasteiger partial charge in [-0.1, -0.05) is 18.2 Å². The molecule has 4 aromatic rings. The third-order valence-corrected chi connectivity index (χ3v) is 8.41. The number of carbonyl (C=O) groups is 2. The predicted molar refractivity (Wildman–Crippen MR) is 171 cm³/mol. The lowest BCUT2D eigenvalue weighted by atomic mass is 9.91. The molecule has 0 unspecified atom stereocenters. The van der Waals surface area contributed by atoms with Crippen LogP contribution in [0.5, 0.6) is 23.1 Å². The Morgan fingerprint density at radius 3 is 2.40 bits per heavy atom. The number of phenolic OH excluding ortho intramolecular Hbond substituents is 1. The second kappa shape index (κ2) is 14.6. The number of nitrogens with one attached hydrogen (secondary N) is 2. The summed E-state index contributed by atoms with van der Waals surface area (Å²) in [4.78, 5) is 36.2. The second-order valence-electron chi connectivity index (χ2n) is 11.7. The smallest absolute Gasteiger partial charge is 0.273 e. The van der Waals surface area contributed by atoms with Gasteiger partial charge >= 0.3 is 0 Å². The molecule has 0 atom stereocenters. The molecule has 1 aliphatic carbocycles. The summed E-state index contributed by atoms with van der Waals surface area (Å²) in [5.41, 5.74) is 2.66. The van der Waals surface area contributed by atoms with E-state index in [1.165, 1.54) is 12.3 Å². The van der Waals surface area contributed by atoms with Crippen LogP contribution in [-0.4, -0.2) is 75.3 Å². The Kier molecular flexibility index (Phi) is 9.89. The summed E-state index contributed by atoms with van der Waals surface area (Å²) in [6, 6.07) is 16.3. The van der Waals surface area contributed by atoms with Crippen molar-refractivity contribution in [3.05, 3.63) is 95.7 Å². The number of hydrogen-bond donors (Lipinski definition) is 4. The molecule has 2 aliphatic rings. The van der Waals surface area contributed by atoms with Crippen molar-refractivity contribution in [3.63, 3.8) is 0 Å². The molecule has 1 saturated heterocycles. The van der Waals surface area contributed by atoms with Crippen molar-refractivity contribution in [3.8, 4) is 34.3 Å². The Labute approximate surface area is 271 Å². The molecule has 2 aromatic carbocycles. The largest absolute Gasteiger partial charge is 0.508 e. The lowest BCUT2D eigenvalue weighted by molar-refractivity contribution is 0.0342. The molecule has 47 heavy (non-hydrogen) atoms. The topological polar surface area (TPSA) is 146 Å². The monoisotopic (exact) mass is 641 g/mol. The summed E-state index contributed by atoms with van der Waals surface area (Å²) >= 11 is 0. The number of rotatable bonds is 9. The number of halogens is 1. The van der Waals surface area contributed by atoms with Crippen molar-refractivity contribution < 1.29 is 33.7 Å². The summed E-state index contributed by atoms with van der Waals surface area (Å²) in [6.45, 7) is 3.57. The van der Waals surface area contributed by atoms with E-state index in [9.17, 15) is 24.2 Å². The molecule has 12 heteroatoms. The number of carbonyl (C=O) groups excluding carboxylic acids is 2. The standard InChI is InChI=1S/C35H36FN5O6/c36-24-19-30(33(44)39-25-6-8-26(9-7-25)40-34(45)32-31(43)5-2-12-37-32)35(38-20-24)47-28-4-1-3-22(18-28)29-11-10-27(42)17-23(29)21-41-13-15-46-16-14-41/h1-5,10-12,17-20,25-26,42-43H,6-9,13-16,21H2,(H,39,44)(H,40,45)/t25-,26-. The van der Waals surface area contributed by atoms with Gasteiger partial charge < -0.3 is 30.3 Å². The van der Waals surface area contributed by atoms with Gasteiger partial charge in [0.05, 0.1) is 19.4 Å². The fourth-order valence-corrected chi connectivity index (χ4v) is 5.97. The number of nitrogens with zero attached hydrogens (tertiary/aromatic N) is 3. The first kappa shape index (κ1) is 31.9. The van der Waals surface area contributed by atoms with Crippen molar-refractivity contribution in [1.82, 2.24) is 25.5 Å². The molecule has 2 fully saturated rings. The molecule has 2 amide bonds. The zero-order valence-corrected chi connectivity index (χ0v) is 25.7. The quantitative estimate of drug-likeness (QED) is 0.203. The molecule has 0 spiro atoms. The number of hydrogen-bond acceptors (Lipinski definition) is 9. The maximum absolute atomic E-state index is 14.3. The molecule has 3 heterocycles. The maximum atomic E-state index is 14.3. The average molecular weight is 642 g/mol. The van der Waals surface area contributed by atoms with Gasteiger partial charge in [0.2, 0.25) is 5.88 Å². The highest BCUT2D eigenvalue weighted by Crippen LogP contribution is 2.33. The zero-order valence-electron chi connectivity index (χ0n) is 25.7. The van der Waals surface area contributed by atoms with E-state index in [1.807, 2.05) is 24.3 Å². The van der Waals surface area contributed by atoms with Crippen LogP contribution >= 0.6 is 0 Å². The van der Waals surface area contributed by atoms with Crippen LogP contribution in [-0.2, 0) is 11.3 Å². The van der Waals surface area contributed by atoms with Crippen LogP contribution in [0.15, 0.2) is 73.1 Å². The van der Waals surface area contributed by atoms with Crippen molar-refractivity contribution in [2.24, 2.45) is 0 Å². The van der Waals surface area contributed by atoms with E-state index in [0.29, 0.717) is 51.2 Å².